The van der Waals surface area contributed by atoms with E-state index >= 15 is 0 Å². The van der Waals surface area contributed by atoms with Crippen LogP contribution in [-0.2, 0) is 30.2 Å². The first kappa shape index (κ1) is 37.7. The minimum atomic E-state index is -0.642. The Hall–Kier alpha value is -6.51. The first-order valence-electron chi connectivity index (χ1n) is 15.6. The van der Waals surface area contributed by atoms with Gasteiger partial charge in [0.1, 0.15) is 17.2 Å². The second kappa shape index (κ2) is 18.6. The van der Waals surface area contributed by atoms with Crippen molar-refractivity contribution in [2.24, 2.45) is 5.10 Å². The first-order chi connectivity index (χ1) is 25.7. The van der Waals surface area contributed by atoms with E-state index in [4.69, 9.17) is 40.0 Å². The number of anilines is 1. The Morgan fingerprint density at radius 2 is 1.40 bits per heavy atom. The van der Waals surface area contributed by atoms with Crippen LogP contribution >= 0.6 is 22.9 Å². The predicted molar refractivity (Wildman–Crippen MR) is 198 cm³/mol. The third-order valence-electron chi connectivity index (χ3n) is 6.98. The highest BCUT2D eigenvalue weighted by molar-refractivity contribution is 7.22. The molecule has 0 spiro atoms. The van der Waals surface area contributed by atoms with Crippen molar-refractivity contribution in [3.63, 3.8) is 0 Å². The van der Waals surface area contributed by atoms with Gasteiger partial charge in [-0.2, -0.15) is 5.10 Å². The number of aromatic nitrogens is 1. The molecule has 1 N–H and O–H groups in total. The van der Waals surface area contributed by atoms with E-state index in [1.807, 2.05) is 12.1 Å². The molecule has 0 saturated carbocycles. The molecule has 1 heterocycles. The Morgan fingerprint density at radius 3 is 2.02 bits per heavy atom. The normalized spacial score (nSPS) is 10.7. The molecule has 1 aromatic heterocycles. The number of esters is 4. The quantitative estimate of drug-likeness (QED) is 0.0195. The fourth-order valence-corrected chi connectivity index (χ4v) is 5.45. The molecule has 13 nitrogen and oxygen atoms in total. The molecule has 0 fully saturated rings. The lowest BCUT2D eigenvalue weighted by atomic mass is 10.1. The average Bonchev–Trinajstić information content (AvgIpc) is 3.57. The van der Waals surface area contributed by atoms with Crippen molar-refractivity contribution in [3.05, 3.63) is 138 Å². The zero-order valence-electron chi connectivity index (χ0n) is 27.8. The van der Waals surface area contributed by atoms with E-state index in [-0.39, 0.29) is 31.5 Å². The maximum absolute atomic E-state index is 13.1. The van der Waals surface area contributed by atoms with E-state index in [0.29, 0.717) is 39.2 Å². The number of ether oxygens (including phenoxy) is 6. The number of thiazole rings is 1. The molecule has 0 aliphatic rings. The molecule has 15 heteroatoms. The molecule has 5 aromatic rings. The summed E-state index contributed by atoms with van der Waals surface area (Å²) in [7, 11) is 0. The van der Waals surface area contributed by atoms with E-state index in [1.54, 1.807) is 36.4 Å². The van der Waals surface area contributed by atoms with Crippen molar-refractivity contribution in [2.45, 2.75) is 6.42 Å². The Labute approximate surface area is 312 Å². The van der Waals surface area contributed by atoms with Crippen molar-refractivity contribution in [1.29, 1.82) is 0 Å². The zero-order valence-corrected chi connectivity index (χ0v) is 29.4. The second-order valence-electron chi connectivity index (χ2n) is 10.6. The smallest absolute Gasteiger partial charge is 0.343 e. The number of carbonyl (C=O) groups excluding carboxylic acids is 4. The van der Waals surface area contributed by atoms with Gasteiger partial charge in [-0.05, 0) is 84.4 Å². The van der Waals surface area contributed by atoms with Crippen LogP contribution in [0.1, 0.15) is 31.8 Å². The molecular weight excluding hydrogens is 726 g/mol. The monoisotopic (exact) mass is 755 g/mol. The summed E-state index contributed by atoms with van der Waals surface area (Å²) in [6.07, 6.45) is 3.87. The molecule has 0 amide bonds. The summed E-state index contributed by atoms with van der Waals surface area (Å²) in [4.78, 5) is 52.6. The standard InChI is InChI=1S/C38H30ClN3O10S/c1-3-34(43)50-22-48-29-11-6-25(7-12-29)36(45)47-18-17-24-5-16-32(52-37(46)26-8-13-30(14-9-26)49-23-51-35(44)4-2)27(19-24)21-40-42-38-41-31-15-10-28(39)20-33(31)53-38/h3-16,19-21H,1-2,17-18,22-23H2,(H,41,42)/b40-21+. The Morgan fingerprint density at radius 1 is 0.774 bits per heavy atom. The maximum atomic E-state index is 13.1. The van der Waals surface area contributed by atoms with Gasteiger partial charge in [0.2, 0.25) is 18.7 Å². The Bertz CT molecular complexity index is 2150. The fraction of sp³-hybridized carbons (Fsp3) is 0.105. The lowest BCUT2D eigenvalue weighted by Crippen LogP contribution is -2.11. The molecule has 0 bridgehead atoms. The highest BCUT2D eigenvalue weighted by atomic mass is 35.5. The molecule has 5 rings (SSSR count). The predicted octanol–water partition coefficient (Wildman–Crippen LogP) is 7.15. The molecule has 270 valence electrons. The second-order valence-corrected chi connectivity index (χ2v) is 12.0. The van der Waals surface area contributed by atoms with Gasteiger partial charge in [-0.15, -0.1) is 0 Å². The summed E-state index contributed by atoms with van der Waals surface area (Å²) in [6.45, 7) is 6.06. The molecule has 0 aliphatic heterocycles. The number of benzene rings is 4. The summed E-state index contributed by atoms with van der Waals surface area (Å²) in [5.74, 6) is -1.45. The lowest BCUT2D eigenvalue weighted by Gasteiger charge is -2.11. The van der Waals surface area contributed by atoms with E-state index < -0.39 is 23.9 Å². The molecule has 0 atom stereocenters. The topological polar surface area (TPSA) is 161 Å². The van der Waals surface area contributed by atoms with Gasteiger partial charge in [0.25, 0.3) is 0 Å². The van der Waals surface area contributed by atoms with Crippen LogP contribution in [0.25, 0.3) is 10.2 Å². The van der Waals surface area contributed by atoms with Crippen LogP contribution in [0.4, 0.5) is 5.13 Å². The first-order valence-corrected chi connectivity index (χ1v) is 16.8. The van der Waals surface area contributed by atoms with Gasteiger partial charge >= 0.3 is 23.9 Å². The molecule has 0 saturated heterocycles. The van der Waals surface area contributed by atoms with Gasteiger partial charge in [-0.3, -0.25) is 5.43 Å². The van der Waals surface area contributed by atoms with Crippen LogP contribution in [0.5, 0.6) is 17.2 Å². The largest absolute Gasteiger partial charge is 0.462 e. The van der Waals surface area contributed by atoms with Crippen molar-refractivity contribution < 1.29 is 47.6 Å². The Balaban J connectivity index is 1.23. The van der Waals surface area contributed by atoms with Crippen LogP contribution in [-0.4, -0.2) is 55.3 Å². The molecule has 4 aromatic carbocycles. The summed E-state index contributed by atoms with van der Waals surface area (Å²) in [6, 6.07) is 22.7. The van der Waals surface area contributed by atoms with E-state index in [0.717, 1.165) is 27.9 Å². The molecule has 0 radical (unpaired) electrons. The molecular formula is C38H30ClN3O10S. The zero-order chi connectivity index (χ0) is 37.6. The van der Waals surface area contributed by atoms with Gasteiger partial charge in [-0.1, -0.05) is 42.2 Å². The maximum Gasteiger partial charge on any atom is 0.343 e. The number of carbonyl (C=O) groups is 4. The van der Waals surface area contributed by atoms with Crippen LogP contribution in [0, 0.1) is 0 Å². The summed E-state index contributed by atoms with van der Waals surface area (Å²) in [5.41, 5.74) is 5.42. The minimum absolute atomic E-state index is 0.0536. The van der Waals surface area contributed by atoms with Crippen molar-refractivity contribution in [2.75, 3.05) is 25.6 Å². The van der Waals surface area contributed by atoms with Crippen molar-refractivity contribution in [1.82, 2.24) is 4.98 Å². The molecule has 0 unspecified atom stereocenters. The van der Waals surface area contributed by atoms with Crippen LogP contribution in [0.2, 0.25) is 5.02 Å². The van der Waals surface area contributed by atoms with Gasteiger partial charge in [0.15, 0.2) is 0 Å². The third-order valence-corrected chi connectivity index (χ3v) is 8.14. The summed E-state index contributed by atoms with van der Waals surface area (Å²) >= 11 is 7.47. The highest BCUT2D eigenvalue weighted by Gasteiger charge is 2.14. The SMILES string of the molecule is C=CC(=O)OCOc1ccc(C(=O)OCCc2ccc(OC(=O)c3ccc(OCOC(=O)C=C)cc3)c(/C=N/Nc3nc4ccc(Cl)cc4s3)c2)cc1. The number of hydrazone groups is 1. The minimum Gasteiger partial charge on any atom is -0.462 e. The van der Waals surface area contributed by atoms with Gasteiger partial charge < -0.3 is 28.4 Å². The van der Waals surface area contributed by atoms with Crippen molar-refractivity contribution >= 4 is 68.4 Å². The number of hydrogen-bond donors (Lipinski definition) is 1. The molecule has 53 heavy (non-hydrogen) atoms. The summed E-state index contributed by atoms with van der Waals surface area (Å²) in [5, 5.41) is 5.44. The number of halogens is 1. The van der Waals surface area contributed by atoms with Gasteiger partial charge in [-0.25, -0.2) is 24.2 Å². The Kier molecular flexibility index (Phi) is 13.3. The van der Waals surface area contributed by atoms with Crippen LogP contribution < -0.4 is 19.6 Å². The number of nitrogens with zero attached hydrogens (tertiary/aromatic N) is 2. The third kappa shape index (κ3) is 11.2. The number of fused-ring (bicyclic) bond motifs is 1. The number of nitrogens with one attached hydrogen (secondary N) is 1. The van der Waals surface area contributed by atoms with E-state index in [9.17, 15) is 19.2 Å². The fourth-order valence-electron chi connectivity index (χ4n) is 4.36. The van der Waals surface area contributed by atoms with Crippen molar-refractivity contribution in [3.8, 4) is 17.2 Å². The van der Waals surface area contributed by atoms with Gasteiger partial charge in [0.05, 0.1) is 34.2 Å². The highest BCUT2D eigenvalue weighted by Crippen LogP contribution is 2.28. The van der Waals surface area contributed by atoms with Crippen LogP contribution in [0.15, 0.2) is 115 Å². The van der Waals surface area contributed by atoms with E-state index in [2.05, 4.69) is 28.7 Å². The number of hydrogen-bond acceptors (Lipinski definition) is 14. The lowest BCUT2D eigenvalue weighted by molar-refractivity contribution is -0.145. The average molecular weight is 756 g/mol. The van der Waals surface area contributed by atoms with Crippen LogP contribution in [0.3, 0.4) is 0 Å². The van der Waals surface area contributed by atoms with Gasteiger partial charge in [0, 0.05) is 29.2 Å². The van der Waals surface area contributed by atoms with E-state index in [1.165, 1.54) is 53.9 Å². The number of rotatable bonds is 17. The summed E-state index contributed by atoms with van der Waals surface area (Å²) < 4.78 is 32.3. The molecule has 0 aliphatic carbocycles.